The van der Waals surface area contributed by atoms with E-state index >= 15 is 0 Å². The van der Waals surface area contributed by atoms with E-state index < -0.39 is 0 Å². The lowest BCUT2D eigenvalue weighted by atomic mass is 9.82. The molecule has 0 bridgehead atoms. The molecule has 0 radical (unpaired) electrons. The molecule has 2 aromatic rings. The average Bonchev–Trinajstić information content (AvgIpc) is 3.01. The summed E-state index contributed by atoms with van der Waals surface area (Å²) in [5.41, 5.74) is 2.62. The number of hydrogen-bond acceptors (Lipinski definition) is 4. The van der Waals surface area contributed by atoms with Crippen LogP contribution >= 0.6 is 11.3 Å². The summed E-state index contributed by atoms with van der Waals surface area (Å²) in [6.07, 6.45) is 5.17. The Balaban J connectivity index is 1.46. The van der Waals surface area contributed by atoms with Crippen molar-refractivity contribution in [3.63, 3.8) is 0 Å². The molecular weight excluding hydrogens is 280 g/mol. The Hall–Kier alpha value is -1.23. The van der Waals surface area contributed by atoms with Crippen LogP contribution in [0.25, 0.3) is 0 Å². The number of aromatic nitrogens is 1. The second kappa shape index (κ2) is 5.52. The number of thiophene rings is 1. The van der Waals surface area contributed by atoms with Crippen molar-refractivity contribution in [1.82, 2.24) is 9.88 Å². The molecule has 1 spiro atoms. The Kier molecular flexibility index (Phi) is 3.53. The summed E-state index contributed by atoms with van der Waals surface area (Å²) in [4.78, 5) is 8.47. The molecule has 4 heteroatoms. The van der Waals surface area contributed by atoms with Crippen LogP contribution in [0.15, 0.2) is 35.8 Å². The summed E-state index contributed by atoms with van der Waals surface area (Å²) in [5.74, 6) is 0. The summed E-state index contributed by atoms with van der Waals surface area (Å²) < 4.78 is 6.25. The van der Waals surface area contributed by atoms with Gasteiger partial charge in [0.25, 0.3) is 0 Å². The summed E-state index contributed by atoms with van der Waals surface area (Å²) in [6, 6.07) is 8.43. The van der Waals surface area contributed by atoms with Crippen molar-refractivity contribution in [3.8, 4) is 0 Å². The van der Waals surface area contributed by atoms with E-state index in [1.165, 1.54) is 5.56 Å². The Morgan fingerprint density at radius 2 is 2.14 bits per heavy atom. The summed E-state index contributed by atoms with van der Waals surface area (Å²) in [7, 11) is 0. The summed E-state index contributed by atoms with van der Waals surface area (Å²) in [6.45, 7) is 4.01. The maximum absolute atomic E-state index is 6.25. The molecule has 3 nitrogen and oxygen atoms in total. The standard InChI is InChI=1S/C17H20N2OS/c1-2-8-18-14(3-1)13-19-9-6-17(7-10-19)15-5-12-21-16(15)4-11-20-17/h1-3,5,8,12H,4,6-7,9-11,13H2. The van der Waals surface area contributed by atoms with E-state index in [2.05, 4.69) is 33.5 Å². The van der Waals surface area contributed by atoms with Gasteiger partial charge < -0.3 is 4.74 Å². The zero-order valence-corrected chi connectivity index (χ0v) is 12.9. The van der Waals surface area contributed by atoms with Crippen molar-refractivity contribution < 1.29 is 4.74 Å². The summed E-state index contributed by atoms with van der Waals surface area (Å²) >= 11 is 1.89. The van der Waals surface area contributed by atoms with E-state index in [-0.39, 0.29) is 5.60 Å². The molecule has 0 N–H and O–H groups in total. The predicted molar refractivity (Wildman–Crippen MR) is 84.4 cm³/mol. The molecule has 0 atom stereocenters. The Morgan fingerprint density at radius 1 is 1.24 bits per heavy atom. The molecule has 21 heavy (non-hydrogen) atoms. The molecule has 1 fully saturated rings. The smallest absolute Gasteiger partial charge is 0.0966 e. The highest BCUT2D eigenvalue weighted by Crippen LogP contribution is 2.43. The monoisotopic (exact) mass is 300 g/mol. The highest BCUT2D eigenvalue weighted by atomic mass is 32.1. The van der Waals surface area contributed by atoms with E-state index in [0.717, 1.165) is 51.2 Å². The van der Waals surface area contributed by atoms with Crippen LogP contribution in [0.2, 0.25) is 0 Å². The van der Waals surface area contributed by atoms with Crippen LogP contribution in [0.1, 0.15) is 29.0 Å². The minimum atomic E-state index is -0.00575. The fourth-order valence-corrected chi connectivity index (χ4v) is 4.51. The van der Waals surface area contributed by atoms with E-state index in [4.69, 9.17) is 4.74 Å². The van der Waals surface area contributed by atoms with Crippen LogP contribution in [-0.4, -0.2) is 29.6 Å². The second-order valence-corrected chi connectivity index (χ2v) is 6.95. The van der Waals surface area contributed by atoms with Crippen LogP contribution in [0.3, 0.4) is 0 Å². The molecule has 0 aromatic carbocycles. The first kappa shape index (κ1) is 13.4. The minimum absolute atomic E-state index is 0.00575. The Morgan fingerprint density at radius 3 is 2.95 bits per heavy atom. The van der Waals surface area contributed by atoms with Gasteiger partial charge in [-0.1, -0.05) is 6.07 Å². The van der Waals surface area contributed by atoms with Crippen molar-refractivity contribution >= 4 is 11.3 Å². The van der Waals surface area contributed by atoms with Gasteiger partial charge in [-0.25, -0.2) is 0 Å². The third-order valence-corrected chi connectivity index (χ3v) is 5.70. The topological polar surface area (TPSA) is 25.4 Å². The first-order valence-corrected chi connectivity index (χ1v) is 8.57. The van der Waals surface area contributed by atoms with E-state index in [1.807, 2.05) is 23.6 Å². The SMILES string of the molecule is c1ccc(CN2CCC3(CC2)OCCc2sccc23)nc1. The number of rotatable bonds is 2. The van der Waals surface area contributed by atoms with Crippen LogP contribution < -0.4 is 0 Å². The first-order chi connectivity index (χ1) is 10.4. The van der Waals surface area contributed by atoms with Crippen LogP contribution in [0.4, 0.5) is 0 Å². The predicted octanol–water partition coefficient (Wildman–Crippen LogP) is 3.21. The van der Waals surface area contributed by atoms with Crippen LogP contribution in [0.5, 0.6) is 0 Å². The van der Waals surface area contributed by atoms with Gasteiger partial charge in [0, 0.05) is 37.1 Å². The molecule has 0 aliphatic carbocycles. The van der Waals surface area contributed by atoms with Crippen molar-refractivity contribution in [3.05, 3.63) is 52.0 Å². The van der Waals surface area contributed by atoms with Gasteiger partial charge in [-0.15, -0.1) is 11.3 Å². The normalized spacial score (nSPS) is 21.3. The third kappa shape index (κ3) is 2.52. The molecule has 4 heterocycles. The number of pyridine rings is 1. The van der Waals surface area contributed by atoms with E-state index in [9.17, 15) is 0 Å². The van der Waals surface area contributed by atoms with Gasteiger partial charge in [0.2, 0.25) is 0 Å². The molecule has 2 aliphatic rings. The maximum atomic E-state index is 6.25. The van der Waals surface area contributed by atoms with E-state index in [0.29, 0.717) is 0 Å². The molecule has 0 unspecified atom stereocenters. The first-order valence-electron chi connectivity index (χ1n) is 7.69. The van der Waals surface area contributed by atoms with Crippen LogP contribution in [0, 0.1) is 0 Å². The summed E-state index contributed by atoms with van der Waals surface area (Å²) in [5, 5.41) is 2.22. The number of hydrogen-bond donors (Lipinski definition) is 0. The molecule has 1 saturated heterocycles. The maximum Gasteiger partial charge on any atom is 0.0966 e. The number of likely N-dealkylation sites (tertiary alicyclic amines) is 1. The molecule has 2 aromatic heterocycles. The number of piperidine rings is 1. The minimum Gasteiger partial charge on any atom is -0.370 e. The third-order valence-electron chi connectivity index (χ3n) is 4.72. The lowest BCUT2D eigenvalue weighted by molar-refractivity contribution is -0.0981. The quantitative estimate of drug-likeness (QED) is 0.851. The van der Waals surface area contributed by atoms with Gasteiger partial charge in [-0.2, -0.15) is 0 Å². The highest BCUT2D eigenvalue weighted by molar-refractivity contribution is 7.10. The lowest BCUT2D eigenvalue weighted by Crippen LogP contribution is -2.45. The number of fused-ring (bicyclic) bond motifs is 2. The van der Waals surface area contributed by atoms with Crippen LogP contribution in [-0.2, 0) is 23.3 Å². The van der Waals surface area contributed by atoms with E-state index in [1.54, 1.807) is 4.88 Å². The zero-order chi connectivity index (χ0) is 14.1. The fraction of sp³-hybridized carbons (Fsp3) is 0.471. The van der Waals surface area contributed by atoms with Crippen molar-refractivity contribution in [2.45, 2.75) is 31.4 Å². The van der Waals surface area contributed by atoms with Gasteiger partial charge in [-0.05, 0) is 42.0 Å². The number of ether oxygens (including phenoxy) is 1. The van der Waals surface area contributed by atoms with Gasteiger partial charge in [-0.3, -0.25) is 9.88 Å². The second-order valence-electron chi connectivity index (χ2n) is 5.95. The highest BCUT2D eigenvalue weighted by Gasteiger charge is 2.41. The largest absolute Gasteiger partial charge is 0.370 e. The molecular formula is C17H20N2OS. The molecule has 0 saturated carbocycles. The molecule has 110 valence electrons. The van der Waals surface area contributed by atoms with Crippen molar-refractivity contribution in [1.29, 1.82) is 0 Å². The Labute approximate surface area is 129 Å². The molecule has 0 amide bonds. The van der Waals surface area contributed by atoms with Gasteiger partial charge >= 0.3 is 0 Å². The average molecular weight is 300 g/mol. The zero-order valence-electron chi connectivity index (χ0n) is 12.1. The Bertz CT molecular complexity index is 602. The van der Waals surface area contributed by atoms with Crippen molar-refractivity contribution in [2.24, 2.45) is 0 Å². The van der Waals surface area contributed by atoms with Gasteiger partial charge in [0.15, 0.2) is 0 Å². The van der Waals surface area contributed by atoms with Gasteiger partial charge in [0.05, 0.1) is 17.9 Å². The lowest BCUT2D eigenvalue weighted by Gasteiger charge is -2.44. The molecule has 4 rings (SSSR count). The number of nitrogens with zero attached hydrogens (tertiary/aromatic N) is 2. The van der Waals surface area contributed by atoms with Crippen molar-refractivity contribution in [2.75, 3.05) is 19.7 Å². The van der Waals surface area contributed by atoms with Gasteiger partial charge in [0.1, 0.15) is 0 Å². The molecule has 2 aliphatic heterocycles. The fourth-order valence-electron chi connectivity index (χ4n) is 3.56.